The van der Waals surface area contributed by atoms with Crippen molar-refractivity contribution in [3.05, 3.63) is 52.1 Å². The van der Waals surface area contributed by atoms with Gasteiger partial charge in [0.05, 0.1) is 42.5 Å². The predicted octanol–water partition coefficient (Wildman–Crippen LogP) is 4.13. The summed E-state index contributed by atoms with van der Waals surface area (Å²) in [6, 6.07) is 7.01. The average molecular weight is 501 g/mol. The molecule has 2 aliphatic rings. The molecule has 0 aliphatic carbocycles. The number of aliphatic imine (C=N–C) groups is 1. The molecule has 2 heterocycles. The van der Waals surface area contributed by atoms with Crippen LogP contribution in [0.3, 0.4) is 0 Å². The van der Waals surface area contributed by atoms with Crippen molar-refractivity contribution in [1.82, 2.24) is 0 Å². The van der Waals surface area contributed by atoms with E-state index in [-0.39, 0.29) is 11.3 Å². The lowest BCUT2D eigenvalue weighted by atomic mass is 9.80. The fraction of sp³-hybridized carbons (Fsp3) is 0.462. The summed E-state index contributed by atoms with van der Waals surface area (Å²) in [7, 11) is -2.39. The summed E-state index contributed by atoms with van der Waals surface area (Å²) < 4.78 is 43.7. The molecule has 1 N–H and O–H groups in total. The molecular formula is C26H32N2O6S. The average Bonchev–Trinajstić information content (AvgIpc) is 3.06. The summed E-state index contributed by atoms with van der Waals surface area (Å²) in [5, 5.41) is 0. The Kier molecular flexibility index (Phi) is 6.12. The molecule has 188 valence electrons. The van der Waals surface area contributed by atoms with Crippen molar-refractivity contribution in [1.29, 1.82) is 0 Å². The Balaban J connectivity index is 1.96. The Hall–Kier alpha value is -3.07. The van der Waals surface area contributed by atoms with Crippen molar-refractivity contribution in [2.24, 2.45) is 4.99 Å². The molecule has 9 heteroatoms. The summed E-state index contributed by atoms with van der Waals surface area (Å²) in [5.74, 6) is 0.819. The van der Waals surface area contributed by atoms with Gasteiger partial charge in [-0.3, -0.25) is 9.71 Å². The van der Waals surface area contributed by atoms with Crippen LogP contribution < -0.4 is 14.2 Å². The lowest BCUT2D eigenvalue weighted by Crippen LogP contribution is -2.31. The maximum Gasteiger partial charge on any atom is 0.339 e. The number of fused-ring (bicyclic) bond motifs is 3. The van der Waals surface area contributed by atoms with Crippen LogP contribution in [0.1, 0.15) is 67.2 Å². The molecule has 4 rings (SSSR count). The second-order valence-electron chi connectivity index (χ2n) is 10.3. The first-order valence-electron chi connectivity index (χ1n) is 11.5. The molecule has 35 heavy (non-hydrogen) atoms. The maximum absolute atomic E-state index is 12.3. The van der Waals surface area contributed by atoms with Crippen LogP contribution in [0.15, 0.2) is 29.3 Å². The summed E-state index contributed by atoms with van der Waals surface area (Å²) in [6.07, 6.45) is 2.44. The number of benzene rings is 2. The molecular weight excluding hydrogens is 468 g/mol. The van der Waals surface area contributed by atoms with Gasteiger partial charge in [0.15, 0.2) is 11.5 Å². The zero-order chi connectivity index (χ0) is 25.8. The summed E-state index contributed by atoms with van der Waals surface area (Å²) in [4.78, 5) is 17.4. The van der Waals surface area contributed by atoms with Gasteiger partial charge in [0.2, 0.25) is 10.0 Å². The molecule has 0 amide bonds. The quantitative estimate of drug-likeness (QED) is 0.599. The third-order valence-electron chi connectivity index (χ3n) is 5.97. The minimum absolute atomic E-state index is 0.124. The SMILES string of the molecule is CCOc1cc2c(c3c1OC(C)(C)C3)C(c1ccc(C(=O)OC)c(NS(C)(=O)=O)c1)=NC(C)(C)C2. The number of methoxy groups -OCH3 is 1. The molecule has 0 atom stereocenters. The van der Waals surface area contributed by atoms with E-state index in [4.69, 9.17) is 19.2 Å². The Morgan fingerprint density at radius 2 is 1.89 bits per heavy atom. The van der Waals surface area contributed by atoms with Crippen LogP contribution in [0.5, 0.6) is 11.5 Å². The number of anilines is 1. The highest BCUT2D eigenvalue weighted by Gasteiger charge is 2.40. The first kappa shape index (κ1) is 25.0. The van der Waals surface area contributed by atoms with Crippen molar-refractivity contribution in [2.75, 3.05) is 24.7 Å². The number of nitrogens with zero attached hydrogens (tertiary/aromatic N) is 1. The molecule has 0 radical (unpaired) electrons. The molecule has 2 aliphatic heterocycles. The summed E-state index contributed by atoms with van der Waals surface area (Å²) in [5.41, 5.74) is 3.98. The van der Waals surface area contributed by atoms with E-state index in [0.29, 0.717) is 25.0 Å². The number of hydrogen-bond donors (Lipinski definition) is 1. The van der Waals surface area contributed by atoms with Crippen LogP contribution in [-0.4, -0.2) is 51.2 Å². The normalized spacial score (nSPS) is 17.5. The minimum Gasteiger partial charge on any atom is -0.490 e. The van der Waals surface area contributed by atoms with Crippen molar-refractivity contribution >= 4 is 27.4 Å². The van der Waals surface area contributed by atoms with Crippen LogP contribution in [0.2, 0.25) is 0 Å². The number of ether oxygens (including phenoxy) is 3. The largest absolute Gasteiger partial charge is 0.490 e. The van der Waals surface area contributed by atoms with Crippen molar-refractivity contribution in [3.63, 3.8) is 0 Å². The fourth-order valence-corrected chi connectivity index (χ4v) is 5.37. The minimum atomic E-state index is -3.64. The number of sulfonamides is 1. The van der Waals surface area contributed by atoms with E-state index in [9.17, 15) is 13.2 Å². The molecule has 0 fully saturated rings. The van der Waals surface area contributed by atoms with Gasteiger partial charge in [0.1, 0.15) is 5.60 Å². The lowest BCUT2D eigenvalue weighted by molar-refractivity contribution is 0.0602. The molecule has 0 aromatic heterocycles. The van der Waals surface area contributed by atoms with E-state index < -0.39 is 27.1 Å². The monoisotopic (exact) mass is 500 g/mol. The number of rotatable bonds is 6. The highest BCUT2D eigenvalue weighted by molar-refractivity contribution is 7.92. The summed E-state index contributed by atoms with van der Waals surface area (Å²) in [6.45, 7) is 10.7. The number of carbonyl (C=O) groups is 1. The molecule has 2 aromatic carbocycles. The molecule has 8 nitrogen and oxygen atoms in total. The maximum atomic E-state index is 12.3. The highest BCUT2D eigenvalue weighted by Crippen LogP contribution is 2.48. The van der Waals surface area contributed by atoms with Crippen molar-refractivity contribution in [2.45, 2.75) is 58.6 Å². The Labute approximate surface area is 206 Å². The van der Waals surface area contributed by atoms with Gasteiger partial charge in [-0.05, 0) is 64.8 Å². The first-order chi connectivity index (χ1) is 16.2. The van der Waals surface area contributed by atoms with Crippen LogP contribution in [-0.2, 0) is 27.6 Å². The second kappa shape index (κ2) is 8.55. The van der Waals surface area contributed by atoms with Crippen LogP contribution in [0, 0.1) is 0 Å². The van der Waals surface area contributed by atoms with Crippen molar-refractivity contribution in [3.8, 4) is 11.5 Å². The molecule has 0 spiro atoms. The zero-order valence-electron chi connectivity index (χ0n) is 21.2. The number of hydrogen-bond acceptors (Lipinski definition) is 7. The van der Waals surface area contributed by atoms with Gasteiger partial charge in [-0.25, -0.2) is 13.2 Å². The molecule has 2 aromatic rings. The smallest absolute Gasteiger partial charge is 0.339 e. The second-order valence-corrected chi connectivity index (χ2v) is 12.0. The van der Waals surface area contributed by atoms with Gasteiger partial charge >= 0.3 is 5.97 Å². The highest BCUT2D eigenvalue weighted by atomic mass is 32.2. The number of carbonyl (C=O) groups excluding carboxylic acids is 1. The van der Waals surface area contributed by atoms with E-state index in [1.165, 1.54) is 7.11 Å². The van der Waals surface area contributed by atoms with E-state index in [2.05, 4.69) is 18.6 Å². The third-order valence-corrected chi connectivity index (χ3v) is 6.57. The fourth-order valence-electron chi connectivity index (χ4n) is 4.80. The van der Waals surface area contributed by atoms with Gasteiger partial charge < -0.3 is 14.2 Å². The Bertz CT molecular complexity index is 1340. The van der Waals surface area contributed by atoms with Gasteiger partial charge in [-0.15, -0.1) is 0 Å². The van der Waals surface area contributed by atoms with E-state index >= 15 is 0 Å². The number of nitrogens with one attached hydrogen (secondary N) is 1. The molecule has 0 saturated heterocycles. The van der Waals surface area contributed by atoms with Gasteiger partial charge in [-0.2, -0.15) is 0 Å². The van der Waals surface area contributed by atoms with Gasteiger partial charge in [0, 0.05) is 23.1 Å². The van der Waals surface area contributed by atoms with Crippen LogP contribution in [0.25, 0.3) is 0 Å². The van der Waals surface area contributed by atoms with Crippen LogP contribution in [0.4, 0.5) is 5.69 Å². The zero-order valence-corrected chi connectivity index (χ0v) is 22.1. The van der Waals surface area contributed by atoms with Crippen LogP contribution >= 0.6 is 0 Å². The lowest BCUT2D eigenvalue weighted by Gasteiger charge is -2.31. The van der Waals surface area contributed by atoms with E-state index in [1.54, 1.807) is 18.2 Å². The Morgan fingerprint density at radius 1 is 1.17 bits per heavy atom. The predicted molar refractivity (Wildman–Crippen MR) is 136 cm³/mol. The Morgan fingerprint density at radius 3 is 2.51 bits per heavy atom. The third kappa shape index (κ3) is 5.00. The van der Waals surface area contributed by atoms with Gasteiger partial charge in [0.25, 0.3) is 0 Å². The van der Waals surface area contributed by atoms with Crippen molar-refractivity contribution < 1.29 is 27.4 Å². The topological polar surface area (TPSA) is 103 Å². The molecule has 0 saturated carbocycles. The summed E-state index contributed by atoms with van der Waals surface area (Å²) >= 11 is 0. The van der Waals surface area contributed by atoms with E-state index in [1.807, 2.05) is 26.8 Å². The molecule has 0 unspecified atom stereocenters. The van der Waals surface area contributed by atoms with Gasteiger partial charge in [-0.1, -0.05) is 6.07 Å². The first-order valence-corrected chi connectivity index (χ1v) is 13.4. The molecule has 0 bridgehead atoms. The van der Waals surface area contributed by atoms with E-state index in [0.717, 1.165) is 40.2 Å². The standard InChI is InChI=1S/C26H32N2O6S/c1-8-33-20-12-16-13-25(2,3)27-22(21(16)18-14-26(4,5)34-23(18)20)15-9-10-17(24(29)32-6)19(11-15)28-35(7,30)31/h9-12,28H,8,13-14H2,1-7H3. The number of esters is 1.